The van der Waals surface area contributed by atoms with Gasteiger partial charge in [0.25, 0.3) is 0 Å². The first-order chi connectivity index (χ1) is 16.6. The van der Waals surface area contributed by atoms with E-state index in [0.717, 1.165) is 43.3 Å². The van der Waals surface area contributed by atoms with E-state index in [4.69, 9.17) is 9.05 Å². The number of aliphatic hydroxyl groups is 3. The number of fused-ring (bicyclic) bond motifs is 1. The Labute approximate surface area is 211 Å². The number of hydrogen-bond acceptors (Lipinski definition) is 6. The van der Waals surface area contributed by atoms with Crippen LogP contribution in [-0.4, -0.2) is 46.6 Å². The first-order valence-electron chi connectivity index (χ1n) is 13.3. The van der Waals surface area contributed by atoms with Gasteiger partial charge in [0.15, 0.2) is 5.85 Å². The predicted octanol–water partition coefficient (Wildman–Crippen LogP) is 5.90. The first-order valence-corrected chi connectivity index (χ1v) is 14.9. The molecule has 3 aliphatic carbocycles. The molecule has 7 heteroatoms. The van der Waals surface area contributed by atoms with Crippen LogP contribution in [0.2, 0.25) is 0 Å². The second kappa shape index (κ2) is 12.0. The van der Waals surface area contributed by atoms with Gasteiger partial charge in [0.05, 0.1) is 25.4 Å². The third-order valence-electron chi connectivity index (χ3n) is 8.47. The van der Waals surface area contributed by atoms with Gasteiger partial charge < -0.3 is 24.4 Å². The molecule has 7 atom stereocenters. The lowest BCUT2D eigenvalue weighted by molar-refractivity contribution is 0.0862. The van der Waals surface area contributed by atoms with Crippen molar-refractivity contribution in [1.29, 1.82) is 0 Å². The molecule has 3 saturated carbocycles. The highest BCUT2D eigenvalue weighted by atomic mass is 31.2. The lowest BCUT2D eigenvalue weighted by atomic mass is 9.61. The summed E-state index contributed by atoms with van der Waals surface area (Å²) in [5.74, 6) is -0.0993. The van der Waals surface area contributed by atoms with Crippen LogP contribution in [0.15, 0.2) is 47.6 Å². The molecule has 0 aromatic rings. The molecule has 3 rings (SSSR count). The molecule has 3 fully saturated rings. The maximum Gasteiger partial charge on any atom is 0.362 e. The highest BCUT2D eigenvalue weighted by molar-refractivity contribution is 7.54. The van der Waals surface area contributed by atoms with Crippen molar-refractivity contribution < 1.29 is 28.9 Å². The molecule has 3 N–H and O–H groups in total. The highest BCUT2D eigenvalue weighted by Crippen LogP contribution is 2.60. The van der Waals surface area contributed by atoms with Crippen LogP contribution in [0.5, 0.6) is 0 Å². The summed E-state index contributed by atoms with van der Waals surface area (Å²) in [6, 6.07) is 0. The maximum absolute atomic E-state index is 12.9. The van der Waals surface area contributed by atoms with E-state index < -0.39 is 25.6 Å². The van der Waals surface area contributed by atoms with Gasteiger partial charge in [-0.05, 0) is 92.8 Å². The monoisotopic (exact) mass is 508 g/mol. The Kier molecular flexibility index (Phi) is 9.81. The Hall–Kier alpha value is -1.01. The molecule has 35 heavy (non-hydrogen) atoms. The van der Waals surface area contributed by atoms with Crippen molar-refractivity contribution >= 4 is 7.60 Å². The van der Waals surface area contributed by atoms with Gasteiger partial charge in [-0.25, -0.2) is 0 Å². The molecule has 0 spiro atoms. The summed E-state index contributed by atoms with van der Waals surface area (Å²) in [7, 11) is -3.58. The molecule has 2 unspecified atom stereocenters. The van der Waals surface area contributed by atoms with E-state index in [-0.39, 0.29) is 24.5 Å². The molecule has 0 aliphatic heterocycles. The Bertz CT molecular complexity index is 882. The topological polar surface area (TPSA) is 96.2 Å². The zero-order chi connectivity index (χ0) is 25.8. The Morgan fingerprint density at radius 1 is 1.17 bits per heavy atom. The maximum atomic E-state index is 12.9. The van der Waals surface area contributed by atoms with Crippen LogP contribution in [0.3, 0.4) is 0 Å². The summed E-state index contributed by atoms with van der Waals surface area (Å²) in [4.78, 5) is 0. The molecule has 0 bridgehead atoms. The van der Waals surface area contributed by atoms with E-state index in [2.05, 4.69) is 32.6 Å². The first kappa shape index (κ1) is 28.6. The zero-order valence-corrected chi connectivity index (χ0v) is 22.8. The van der Waals surface area contributed by atoms with Gasteiger partial charge in [-0.2, -0.15) is 0 Å². The van der Waals surface area contributed by atoms with E-state index in [0.29, 0.717) is 24.7 Å². The van der Waals surface area contributed by atoms with Crippen molar-refractivity contribution in [1.82, 2.24) is 0 Å². The second-order valence-electron chi connectivity index (χ2n) is 10.7. The van der Waals surface area contributed by atoms with Crippen LogP contribution < -0.4 is 0 Å². The van der Waals surface area contributed by atoms with Crippen molar-refractivity contribution in [2.24, 2.45) is 23.2 Å². The molecule has 3 aliphatic rings. The average molecular weight is 509 g/mol. The summed E-state index contributed by atoms with van der Waals surface area (Å²) >= 11 is 0. The number of rotatable bonds is 9. The number of aliphatic hydroxyl groups excluding tert-OH is 3. The van der Waals surface area contributed by atoms with Gasteiger partial charge in [-0.3, -0.25) is 4.57 Å². The molecule has 0 heterocycles. The molecule has 0 amide bonds. The van der Waals surface area contributed by atoms with Crippen LogP contribution in [0.1, 0.15) is 72.6 Å². The third-order valence-corrected chi connectivity index (χ3v) is 10.5. The molecule has 198 valence electrons. The average Bonchev–Trinajstić information content (AvgIpc) is 3.16. The van der Waals surface area contributed by atoms with Crippen LogP contribution >= 0.6 is 7.60 Å². The Morgan fingerprint density at radius 3 is 2.51 bits per heavy atom. The van der Waals surface area contributed by atoms with Gasteiger partial charge in [0.1, 0.15) is 0 Å². The van der Waals surface area contributed by atoms with Crippen molar-refractivity contribution in [2.45, 2.75) is 90.7 Å². The van der Waals surface area contributed by atoms with Crippen molar-refractivity contribution in [2.75, 3.05) is 13.2 Å². The molecular formula is C28H45O6P. The van der Waals surface area contributed by atoms with Crippen LogP contribution in [-0.2, 0) is 13.6 Å². The van der Waals surface area contributed by atoms with Gasteiger partial charge in [-0.1, -0.05) is 44.2 Å². The summed E-state index contributed by atoms with van der Waals surface area (Å²) in [6.45, 7) is 12.5. The van der Waals surface area contributed by atoms with Gasteiger partial charge in [0, 0.05) is 6.42 Å². The largest absolute Gasteiger partial charge is 0.393 e. The van der Waals surface area contributed by atoms with Crippen LogP contribution in [0, 0.1) is 23.2 Å². The quantitative estimate of drug-likeness (QED) is 0.265. The Balaban J connectivity index is 1.74. The fourth-order valence-electron chi connectivity index (χ4n) is 6.67. The van der Waals surface area contributed by atoms with Gasteiger partial charge in [-0.15, -0.1) is 0 Å². The van der Waals surface area contributed by atoms with Crippen molar-refractivity contribution in [3.63, 3.8) is 0 Å². The minimum atomic E-state index is -3.58. The van der Waals surface area contributed by atoms with Gasteiger partial charge >= 0.3 is 7.60 Å². The van der Waals surface area contributed by atoms with E-state index in [9.17, 15) is 19.9 Å². The summed E-state index contributed by atoms with van der Waals surface area (Å²) in [5.41, 5.74) is 3.28. The Morgan fingerprint density at radius 2 is 1.86 bits per heavy atom. The molecule has 0 aromatic carbocycles. The fourth-order valence-corrected chi connectivity index (χ4v) is 8.08. The molecular weight excluding hydrogens is 463 g/mol. The van der Waals surface area contributed by atoms with Crippen molar-refractivity contribution in [3.8, 4) is 0 Å². The lowest BCUT2D eigenvalue weighted by Crippen LogP contribution is -2.35. The standard InChI is InChI=1S/C28H45O6P/c1-6-33-35(32,34-7-2)27(31)15-10-19(3)24-13-14-25-21(9-8-16-28(24,25)5)11-12-22-17-23(29)18-26(30)20(22)4/h10-12,15,19,23-27,29-31H,4,6-9,13-14,16-18H2,1-3,5H3/b15-10+,21-11+,22-12-/t19-,23-,24-,25?,26+,27?,28-/m1/s1. The highest BCUT2D eigenvalue weighted by Gasteiger charge is 2.50. The predicted molar refractivity (Wildman–Crippen MR) is 140 cm³/mol. The minimum Gasteiger partial charge on any atom is -0.393 e. The van der Waals surface area contributed by atoms with E-state index >= 15 is 0 Å². The second-order valence-corrected chi connectivity index (χ2v) is 12.8. The van der Waals surface area contributed by atoms with Crippen LogP contribution in [0.4, 0.5) is 0 Å². The summed E-state index contributed by atoms with van der Waals surface area (Å²) < 4.78 is 23.4. The zero-order valence-electron chi connectivity index (χ0n) is 21.9. The minimum absolute atomic E-state index is 0.156. The summed E-state index contributed by atoms with van der Waals surface area (Å²) in [6.07, 6.45) is 13.2. The van der Waals surface area contributed by atoms with Crippen molar-refractivity contribution in [3.05, 3.63) is 47.6 Å². The molecule has 0 radical (unpaired) electrons. The van der Waals surface area contributed by atoms with E-state index in [1.807, 2.05) is 6.08 Å². The SMILES string of the molecule is C=C1/C(=C\C=C2/CCC[C@@]3(C)C2CC[C@@H]3[C@H](C)/C=C/C(O)P(=O)(OCC)OCC)C[C@@H](O)C[C@@H]1O. The lowest BCUT2D eigenvalue weighted by Gasteiger charge is -2.44. The molecule has 6 nitrogen and oxygen atoms in total. The summed E-state index contributed by atoms with van der Waals surface area (Å²) in [5, 5.41) is 30.8. The molecule has 0 saturated heterocycles. The normalized spacial score (nSPS) is 36.1. The number of allylic oxidation sites excluding steroid dienone is 4. The third kappa shape index (κ3) is 6.29. The van der Waals surface area contributed by atoms with Gasteiger partial charge in [0.2, 0.25) is 0 Å². The molecule has 0 aromatic heterocycles. The fraction of sp³-hybridized carbons (Fsp3) is 0.714. The van der Waals surface area contributed by atoms with Crippen LogP contribution in [0.25, 0.3) is 0 Å². The number of hydrogen-bond donors (Lipinski definition) is 3. The van der Waals surface area contributed by atoms with E-state index in [1.165, 1.54) is 5.57 Å². The smallest absolute Gasteiger partial charge is 0.362 e. The van der Waals surface area contributed by atoms with E-state index in [1.54, 1.807) is 19.9 Å².